The quantitative estimate of drug-likeness (QED) is 0.118. The second-order valence-corrected chi connectivity index (χ2v) is 14.4. The van der Waals surface area contributed by atoms with Gasteiger partial charge in [-0.1, -0.05) is 85.6 Å². The highest BCUT2D eigenvalue weighted by molar-refractivity contribution is 5.91. The van der Waals surface area contributed by atoms with E-state index in [1.165, 1.54) is 24.0 Å². The molecule has 3 aliphatic rings. The third-order valence-corrected chi connectivity index (χ3v) is 11.0. The van der Waals surface area contributed by atoms with E-state index >= 15 is 0 Å². The lowest BCUT2D eigenvalue weighted by Crippen LogP contribution is -2.44. The minimum Gasteiger partial charge on any atom is -0.446 e. The smallest absolute Gasteiger partial charge is 0.411 e. The van der Waals surface area contributed by atoms with Crippen LogP contribution in [-0.2, 0) is 36.6 Å². The number of para-hydroxylation sites is 1. The van der Waals surface area contributed by atoms with Gasteiger partial charge in [0.05, 0.1) is 31.9 Å². The highest BCUT2D eigenvalue weighted by atomic mass is 16.7. The zero-order valence-electron chi connectivity index (χ0n) is 30.3. The molecule has 1 saturated heterocycles. The first-order chi connectivity index (χ1) is 25.0. The summed E-state index contributed by atoms with van der Waals surface area (Å²) in [6.45, 7) is 4.66. The predicted octanol–water partition coefficient (Wildman–Crippen LogP) is 7.19. The first-order valence-electron chi connectivity index (χ1n) is 18.8. The maximum absolute atomic E-state index is 13.0. The maximum atomic E-state index is 13.0. The lowest BCUT2D eigenvalue weighted by Gasteiger charge is -2.31. The summed E-state index contributed by atoms with van der Waals surface area (Å²) in [5.41, 5.74) is 5.40. The van der Waals surface area contributed by atoms with Crippen molar-refractivity contribution in [2.45, 2.75) is 76.2 Å². The number of rotatable bonds is 17. The topological polar surface area (TPSA) is 89.6 Å². The number of ether oxygens (including phenoxy) is 4. The molecule has 0 spiro atoms. The molecule has 0 bridgehead atoms. The average Bonchev–Trinajstić information content (AvgIpc) is 3.90. The Morgan fingerprint density at radius 1 is 0.824 bits per heavy atom. The number of benzene rings is 3. The van der Waals surface area contributed by atoms with Gasteiger partial charge in [-0.2, -0.15) is 0 Å². The van der Waals surface area contributed by atoms with Gasteiger partial charge in [0.2, 0.25) is 5.91 Å². The molecule has 51 heavy (non-hydrogen) atoms. The molecular weight excluding hydrogens is 642 g/mol. The van der Waals surface area contributed by atoms with Gasteiger partial charge in [-0.15, -0.1) is 0 Å². The fourth-order valence-electron chi connectivity index (χ4n) is 8.20. The summed E-state index contributed by atoms with van der Waals surface area (Å²) in [5, 5.41) is 2.99. The first-order valence-corrected chi connectivity index (χ1v) is 18.8. The van der Waals surface area contributed by atoms with Gasteiger partial charge < -0.3 is 28.7 Å². The molecule has 9 nitrogen and oxygen atoms in total. The minimum absolute atomic E-state index is 0.0285. The van der Waals surface area contributed by atoms with Crippen molar-refractivity contribution < 1.29 is 28.5 Å². The van der Waals surface area contributed by atoms with E-state index in [0.29, 0.717) is 38.0 Å². The molecule has 0 aromatic heterocycles. The van der Waals surface area contributed by atoms with E-state index in [2.05, 4.69) is 34.5 Å². The Labute approximate surface area is 303 Å². The molecule has 1 unspecified atom stereocenters. The van der Waals surface area contributed by atoms with Crippen molar-refractivity contribution in [1.29, 1.82) is 0 Å². The van der Waals surface area contributed by atoms with Crippen LogP contribution in [0.3, 0.4) is 0 Å². The molecule has 3 atom stereocenters. The summed E-state index contributed by atoms with van der Waals surface area (Å²) in [7, 11) is 3.23. The summed E-state index contributed by atoms with van der Waals surface area (Å²) in [6, 6.07) is 27.1. The molecule has 1 heterocycles. The van der Waals surface area contributed by atoms with Crippen LogP contribution in [0.25, 0.3) is 11.1 Å². The lowest BCUT2D eigenvalue weighted by molar-refractivity contribution is -0.150. The minimum atomic E-state index is -0.404. The standard InChI is InChI=1S/C42H55N3O6/c1-48-41(49-2)30-45(36-12-6-7-13-36)40(46)22-25-50-24-21-32-18-16-31(17-19-32)20-23-44-28-34-26-37(27-35(34)29-44)51-42(47)43-39-15-9-8-14-38(39)33-10-4-3-5-11-33/h3-5,8-11,14-19,34-37,41H,6-7,12-13,20-30H2,1-2H3,(H,43,47)/t34-,35?,37+/m0/s1. The van der Waals surface area contributed by atoms with Crippen LogP contribution in [0, 0.1) is 11.8 Å². The number of nitrogens with zero attached hydrogens (tertiary/aromatic N) is 2. The fourth-order valence-corrected chi connectivity index (χ4v) is 8.20. The number of anilines is 1. The maximum Gasteiger partial charge on any atom is 0.411 e. The normalized spacial score (nSPS) is 20.5. The predicted molar refractivity (Wildman–Crippen MR) is 199 cm³/mol. The Morgan fingerprint density at radius 3 is 2.16 bits per heavy atom. The average molecular weight is 698 g/mol. The number of nitrogens with one attached hydrogen (secondary N) is 1. The monoisotopic (exact) mass is 697 g/mol. The molecule has 3 fully saturated rings. The van der Waals surface area contributed by atoms with Crippen molar-refractivity contribution in [3.05, 3.63) is 90.0 Å². The first kappa shape index (κ1) is 37.0. The summed E-state index contributed by atoms with van der Waals surface area (Å²) in [5.74, 6) is 1.27. The number of hydrogen-bond acceptors (Lipinski definition) is 7. The number of carbonyl (C=O) groups excluding carboxylic acids is 2. The molecule has 3 aromatic rings. The van der Waals surface area contributed by atoms with Gasteiger partial charge in [-0.3, -0.25) is 10.1 Å². The van der Waals surface area contributed by atoms with Crippen molar-refractivity contribution in [3.63, 3.8) is 0 Å². The van der Waals surface area contributed by atoms with E-state index in [1.807, 2.05) is 59.5 Å². The van der Waals surface area contributed by atoms with Crippen molar-refractivity contribution in [1.82, 2.24) is 9.80 Å². The van der Waals surface area contributed by atoms with Crippen LogP contribution in [0.5, 0.6) is 0 Å². The fraction of sp³-hybridized carbons (Fsp3) is 0.524. The number of fused-ring (bicyclic) bond motifs is 1. The third kappa shape index (κ3) is 10.4. The van der Waals surface area contributed by atoms with E-state index in [9.17, 15) is 9.59 Å². The van der Waals surface area contributed by atoms with Crippen molar-refractivity contribution in [3.8, 4) is 11.1 Å². The van der Waals surface area contributed by atoms with Crippen LogP contribution < -0.4 is 5.32 Å². The van der Waals surface area contributed by atoms with Crippen LogP contribution in [0.15, 0.2) is 78.9 Å². The van der Waals surface area contributed by atoms with Crippen molar-refractivity contribution in [2.75, 3.05) is 58.9 Å². The van der Waals surface area contributed by atoms with Gasteiger partial charge in [-0.05, 0) is 73.1 Å². The molecule has 2 amide bonds. The Bertz CT molecular complexity index is 1510. The number of likely N-dealkylation sites (tertiary alicyclic amines) is 1. The molecule has 3 aromatic carbocycles. The second-order valence-electron chi connectivity index (χ2n) is 14.4. The SMILES string of the molecule is COC(CN(C(=O)CCOCCc1ccc(CCN2CC3C[C@H](OC(=O)Nc4ccccc4-c4ccccc4)C[C@H]3C2)cc1)C1CCCC1)OC. The molecule has 1 N–H and O–H groups in total. The highest BCUT2D eigenvalue weighted by Gasteiger charge is 2.42. The summed E-state index contributed by atoms with van der Waals surface area (Å²) in [6.07, 6.45) is 7.71. The van der Waals surface area contributed by atoms with Gasteiger partial charge in [0.25, 0.3) is 0 Å². The van der Waals surface area contributed by atoms with Gasteiger partial charge in [0.1, 0.15) is 6.10 Å². The van der Waals surface area contributed by atoms with Gasteiger partial charge >= 0.3 is 6.09 Å². The molecular formula is C42H55N3O6. The van der Waals surface area contributed by atoms with Crippen LogP contribution in [-0.4, -0.2) is 93.8 Å². The van der Waals surface area contributed by atoms with Crippen LogP contribution in [0.4, 0.5) is 10.5 Å². The molecule has 9 heteroatoms. The second kappa shape index (κ2) is 18.6. The Morgan fingerprint density at radius 2 is 1.47 bits per heavy atom. The number of amides is 2. The van der Waals surface area contributed by atoms with Crippen LogP contribution >= 0.6 is 0 Å². The Kier molecular flexibility index (Phi) is 13.5. The van der Waals surface area contributed by atoms with E-state index in [0.717, 1.165) is 75.0 Å². The molecule has 2 saturated carbocycles. The zero-order valence-corrected chi connectivity index (χ0v) is 30.3. The van der Waals surface area contributed by atoms with E-state index in [1.54, 1.807) is 14.2 Å². The largest absolute Gasteiger partial charge is 0.446 e. The molecule has 274 valence electrons. The number of methoxy groups -OCH3 is 2. The van der Waals surface area contributed by atoms with Gasteiger partial charge in [0.15, 0.2) is 6.29 Å². The molecule has 0 radical (unpaired) electrons. The van der Waals surface area contributed by atoms with Crippen LogP contribution in [0.2, 0.25) is 0 Å². The van der Waals surface area contributed by atoms with Gasteiger partial charge in [-0.25, -0.2) is 4.79 Å². The summed E-state index contributed by atoms with van der Waals surface area (Å²) >= 11 is 0. The van der Waals surface area contributed by atoms with E-state index in [-0.39, 0.29) is 24.1 Å². The Hall–Kier alpha value is -3.76. The molecule has 2 aliphatic carbocycles. The number of hydrogen-bond donors (Lipinski definition) is 1. The zero-order chi connectivity index (χ0) is 35.4. The van der Waals surface area contributed by atoms with Gasteiger partial charge in [0, 0.05) is 45.5 Å². The van der Waals surface area contributed by atoms with Crippen molar-refractivity contribution >= 4 is 17.7 Å². The van der Waals surface area contributed by atoms with Crippen LogP contribution in [0.1, 0.15) is 56.1 Å². The third-order valence-electron chi connectivity index (χ3n) is 11.0. The highest BCUT2D eigenvalue weighted by Crippen LogP contribution is 2.40. The molecule has 6 rings (SSSR count). The molecule has 1 aliphatic heterocycles. The summed E-state index contributed by atoms with van der Waals surface area (Å²) < 4.78 is 22.5. The number of carbonyl (C=O) groups is 2. The van der Waals surface area contributed by atoms with E-state index < -0.39 is 6.29 Å². The lowest BCUT2D eigenvalue weighted by atomic mass is 10.0. The Balaban J connectivity index is 0.857. The van der Waals surface area contributed by atoms with E-state index in [4.69, 9.17) is 18.9 Å². The van der Waals surface area contributed by atoms with Crippen molar-refractivity contribution in [2.24, 2.45) is 11.8 Å². The summed E-state index contributed by atoms with van der Waals surface area (Å²) in [4.78, 5) is 30.4.